The van der Waals surface area contributed by atoms with Crippen LogP contribution < -0.4 is 4.74 Å². The maximum absolute atomic E-state index is 10.6. The number of nitro groups is 1. The molecule has 0 saturated carbocycles. The van der Waals surface area contributed by atoms with E-state index >= 15 is 0 Å². The maximum atomic E-state index is 10.6. The molecule has 0 bridgehead atoms. The lowest BCUT2D eigenvalue weighted by Crippen LogP contribution is -1.96. The van der Waals surface area contributed by atoms with Gasteiger partial charge in [0.05, 0.1) is 4.92 Å². The van der Waals surface area contributed by atoms with E-state index in [1.807, 2.05) is 24.3 Å². The van der Waals surface area contributed by atoms with E-state index in [2.05, 4.69) is 26.1 Å². The number of benzene rings is 2. The second-order valence-electron chi connectivity index (χ2n) is 4.56. The fourth-order valence-corrected chi connectivity index (χ4v) is 2.10. The van der Waals surface area contributed by atoms with Gasteiger partial charge < -0.3 is 9.26 Å². The van der Waals surface area contributed by atoms with E-state index in [0.29, 0.717) is 17.5 Å². The van der Waals surface area contributed by atoms with Crippen LogP contribution in [0.2, 0.25) is 0 Å². The average Bonchev–Trinajstić information content (AvgIpc) is 3.03. The SMILES string of the molecule is O=[N+]([O-])c1ccc(OCc2nc(-c3ccc(Br)cc3)no2)cc1. The molecule has 0 unspecified atom stereocenters. The van der Waals surface area contributed by atoms with Crippen LogP contribution in [-0.4, -0.2) is 15.1 Å². The molecule has 0 spiro atoms. The third-order valence-corrected chi connectivity index (χ3v) is 3.51. The number of non-ortho nitro benzene ring substituents is 1. The van der Waals surface area contributed by atoms with Crippen LogP contribution in [0.15, 0.2) is 57.5 Å². The molecule has 1 heterocycles. The Hall–Kier alpha value is -2.74. The van der Waals surface area contributed by atoms with Crippen molar-refractivity contribution < 1.29 is 14.2 Å². The van der Waals surface area contributed by atoms with Gasteiger partial charge in [0.1, 0.15) is 5.75 Å². The number of aromatic nitrogens is 2. The lowest BCUT2D eigenvalue weighted by molar-refractivity contribution is -0.384. The summed E-state index contributed by atoms with van der Waals surface area (Å²) in [5.41, 5.74) is 0.839. The standard InChI is InChI=1S/C15H10BrN3O4/c16-11-3-1-10(2-4-11)15-17-14(23-18-15)9-22-13-7-5-12(6-8-13)19(20)21/h1-8H,9H2. The number of hydrogen-bond acceptors (Lipinski definition) is 6. The van der Waals surface area contributed by atoms with Crippen LogP contribution in [-0.2, 0) is 6.61 Å². The molecule has 3 rings (SSSR count). The van der Waals surface area contributed by atoms with Gasteiger partial charge in [0.2, 0.25) is 5.82 Å². The van der Waals surface area contributed by atoms with E-state index in [9.17, 15) is 10.1 Å². The van der Waals surface area contributed by atoms with Gasteiger partial charge in [-0.2, -0.15) is 4.98 Å². The van der Waals surface area contributed by atoms with Crippen LogP contribution in [0.4, 0.5) is 5.69 Å². The highest BCUT2D eigenvalue weighted by Gasteiger charge is 2.10. The molecule has 0 atom stereocenters. The molecule has 2 aromatic carbocycles. The highest BCUT2D eigenvalue weighted by molar-refractivity contribution is 9.10. The smallest absolute Gasteiger partial charge is 0.269 e. The highest BCUT2D eigenvalue weighted by atomic mass is 79.9. The summed E-state index contributed by atoms with van der Waals surface area (Å²) in [6, 6.07) is 13.3. The van der Waals surface area contributed by atoms with E-state index in [0.717, 1.165) is 10.0 Å². The number of rotatable bonds is 5. The molecule has 0 aliphatic carbocycles. The molecule has 7 nitrogen and oxygen atoms in total. The third kappa shape index (κ3) is 3.72. The van der Waals surface area contributed by atoms with Gasteiger partial charge in [-0.3, -0.25) is 10.1 Å². The zero-order valence-electron chi connectivity index (χ0n) is 11.7. The van der Waals surface area contributed by atoms with Crippen molar-refractivity contribution in [2.75, 3.05) is 0 Å². The molecule has 1 aromatic heterocycles. The molecule has 0 saturated heterocycles. The molecular weight excluding hydrogens is 366 g/mol. The second-order valence-corrected chi connectivity index (χ2v) is 5.47. The molecule has 8 heteroatoms. The molecule has 0 aliphatic rings. The predicted molar refractivity (Wildman–Crippen MR) is 84.9 cm³/mol. The summed E-state index contributed by atoms with van der Waals surface area (Å²) in [6.45, 7) is 0.0847. The summed E-state index contributed by atoms with van der Waals surface area (Å²) < 4.78 is 11.6. The Morgan fingerprint density at radius 1 is 1.13 bits per heavy atom. The number of nitro benzene ring substituents is 1. The number of nitrogens with zero attached hydrogens (tertiary/aromatic N) is 3. The summed E-state index contributed by atoms with van der Waals surface area (Å²) in [6.07, 6.45) is 0. The minimum absolute atomic E-state index is 0.00710. The zero-order chi connectivity index (χ0) is 16.2. The van der Waals surface area contributed by atoms with E-state index in [1.54, 1.807) is 0 Å². The van der Waals surface area contributed by atoms with Crippen molar-refractivity contribution in [3.63, 3.8) is 0 Å². The summed E-state index contributed by atoms with van der Waals surface area (Å²) in [4.78, 5) is 14.4. The normalized spacial score (nSPS) is 10.5. The average molecular weight is 376 g/mol. The van der Waals surface area contributed by atoms with Crippen LogP contribution in [0.1, 0.15) is 5.89 Å². The molecule has 23 heavy (non-hydrogen) atoms. The first kappa shape index (κ1) is 15.2. The lowest BCUT2D eigenvalue weighted by Gasteiger charge is -2.01. The van der Waals surface area contributed by atoms with Crippen LogP contribution >= 0.6 is 15.9 Å². The first-order valence-corrected chi connectivity index (χ1v) is 7.37. The topological polar surface area (TPSA) is 91.3 Å². The largest absolute Gasteiger partial charge is 0.484 e. The summed E-state index contributed by atoms with van der Waals surface area (Å²) in [7, 11) is 0. The van der Waals surface area contributed by atoms with Crippen molar-refractivity contribution in [3.8, 4) is 17.1 Å². The quantitative estimate of drug-likeness (QED) is 0.494. The van der Waals surface area contributed by atoms with Crippen molar-refractivity contribution in [1.82, 2.24) is 10.1 Å². The summed E-state index contributed by atoms with van der Waals surface area (Å²) >= 11 is 3.36. The molecule has 116 valence electrons. The third-order valence-electron chi connectivity index (χ3n) is 2.98. The molecule has 0 aliphatic heterocycles. The van der Waals surface area contributed by atoms with Crippen LogP contribution in [0.25, 0.3) is 11.4 Å². The van der Waals surface area contributed by atoms with Gasteiger partial charge in [-0.1, -0.05) is 21.1 Å². The van der Waals surface area contributed by atoms with Crippen molar-refractivity contribution in [1.29, 1.82) is 0 Å². The van der Waals surface area contributed by atoms with Gasteiger partial charge in [-0.15, -0.1) is 0 Å². The van der Waals surface area contributed by atoms with Crippen LogP contribution in [0.3, 0.4) is 0 Å². The number of ether oxygens (including phenoxy) is 1. The van der Waals surface area contributed by atoms with Gasteiger partial charge in [0, 0.05) is 22.2 Å². The minimum atomic E-state index is -0.466. The summed E-state index contributed by atoms with van der Waals surface area (Å²) in [5.74, 6) is 1.28. The van der Waals surface area contributed by atoms with Crippen LogP contribution in [0, 0.1) is 10.1 Å². The van der Waals surface area contributed by atoms with Gasteiger partial charge in [-0.25, -0.2) is 0 Å². The minimum Gasteiger partial charge on any atom is -0.484 e. The summed E-state index contributed by atoms with van der Waals surface area (Å²) in [5, 5.41) is 14.5. The Balaban J connectivity index is 1.65. The Morgan fingerprint density at radius 3 is 2.48 bits per heavy atom. The van der Waals surface area contributed by atoms with Gasteiger partial charge in [0.15, 0.2) is 6.61 Å². The number of halogens is 1. The molecular formula is C15H10BrN3O4. The van der Waals surface area contributed by atoms with Crippen molar-refractivity contribution in [2.24, 2.45) is 0 Å². The maximum Gasteiger partial charge on any atom is 0.269 e. The van der Waals surface area contributed by atoms with E-state index in [-0.39, 0.29) is 12.3 Å². The molecule has 0 N–H and O–H groups in total. The highest BCUT2D eigenvalue weighted by Crippen LogP contribution is 2.21. The monoisotopic (exact) mass is 375 g/mol. The zero-order valence-corrected chi connectivity index (χ0v) is 13.3. The van der Waals surface area contributed by atoms with Gasteiger partial charge >= 0.3 is 0 Å². The Labute approximate surface area is 139 Å². The van der Waals surface area contributed by atoms with E-state index in [1.165, 1.54) is 24.3 Å². The molecule has 0 fully saturated rings. The lowest BCUT2D eigenvalue weighted by atomic mass is 10.2. The first-order chi connectivity index (χ1) is 11.1. The van der Waals surface area contributed by atoms with E-state index in [4.69, 9.17) is 9.26 Å². The Kier molecular flexibility index (Phi) is 4.33. The van der Waals surface area contributed by atoms with Crippen LogP contribution in [0.5, 0.6) is 5.75 Å². The van der Waals surface area contributed by atoms with Crippen molar-refractivity contribution >= 4 is 21.6 Å². The fraction of sp³-hybridized carbons (Fsp3) is 0.0667. The predicted octanol–water partition coefficient (Wildman–Crippen LogP) is 3.99. The van der Waals surface area contributed by atoms with E-state index < -0.39 is 4.92 Å². The van der Waals surface area contributed by atoms with Crippen molar-refractivity contribution in [3.05, 3.63) is 69.0 Å². The molecule has 0 radical (unpaired) electrons. The second kappa shape index (κ2) is 6.57. The van der Waals surface area contributed by atoms with Crippen molar-refractivity contribution in [2.45, 2.75) is 6.61 Å². The first-order valence-electron chi connectivity index (χ1n) is 6.57. The van der Waals surface area contributed by atoms with Gasteiger partial charge in [0.25, 0.3) is 11.6 Å². The fourth-order valence-electron chi connectivity index (χ4n) is 1.84. The van der Waals surface area contributed by atoms with Gasteiger partial charge in [-0.05, 0) is 36.4 Å². The Bertz CT molecular complexity index is 815. The molecule has 3 aromatic rings. The number of hydrogen-bond donors (Lipinski definition) is 0. The Morgan fingerprint density at radius 2 is 1.83 bits per heavy atom. The molecule has 0 amide bonds.